The molecule has 2 heterocycles. The van der Waals surface area contributed by atoms with E-state index in [2.05, 4.69) is 169 Å². The van der Waals surface area contributed by atoms with E-state index in [1.807, 2.05) is 22.7 Å². The second-order valence-electron chi connectivity index (χ2n) is 12.1. The van der Waals surface area contributed by atoms with Crippen molar-refractivity contribution in [3.63, 3.8) is 0 Å². The molecule has 0 spiro atoms. The molecule has 0 atom stereocenters. The van der Waals surface area contributed by atoms with E-state index in [4.69, 9.17) is 0 Å². The van der Waals surface area contributed by atoms with Gasteiger partial charge in [0.05, 0.1) is 0 Å². The molecule has 0 aliphatic heterocycles. The van der Waals surface area contributed by atoms with Crippen LogP contribution >= 0.6 is 22.7 Å². The van der Waals surface area contributed by atoms with Gasteiger partial charge in [-0.05, 0) is 87.3 Å². The van der Waals surface area contributed by atoms with Crippen LogP contribution in [0.4, 0.5) is 17.1 Å². The predicted molar refractivity (Wildman–Crippen MR) is 207 cm³/mol. The first kappa shape index (κ1) is 26.7. The maximum absolute atomic E-state index is 2.42. The molecule has 8 aromatic carbocycles. The van der Waals surface area contributed by atoms with Crippen molar-refractivity contribution in [1.29, 1.82) is 0 Å². The lowest BCUT2D eigenvalue weighted by atomic mass is 9.98. The average molecular weight is 634 g/mol. The summed E-state index contributed by atoms with van der Waals surface area (Å²) in [6.07, 6.45) is 0. The number of thiophene rings is 2. The van der Waals surface area contributed by atoms with Gasteiger partial charge in [-0.25, -0.2) is 0 Å². The minimum atomic E-state index is 1.14. The normalized spacial score (nSPS) is 11.8. The average Bonchev–Trinajstić information content (AvgIpc) is 3.70. The van der Waals surface area contributed by atoms with E-state index in [0.29, 0.717) is 0 Å². The molecule has 0 saturated heterocycles. The largest absolute Gasteiger partial charge is 0.310 e. The monoisotopic (exact) mass is 633 g/mol. The number of fused-ring (bicyclic) bond motifs is 9. The molecule has 0 saturated carbocycles. The summed E-state index contributed by atoms with van der Waals surface area (Å²) in [7, 11) is 0. The Morgan fingerprint density at radius 3 is 1.81 bits per heavy atom. The Morgan fingerprint density at radius 2 is 0.936 bits per heavy atom. The van der Waals surface area contributed by atoms with Gasteiger partial charge in [0.15, 0.2) is 0 Å². The summed E-state index contributed by atoms with van der Waals surface area (Å²) in [5.74, 6) is 0. The lowest BCUT2D eigenvalue weighted by Crippen LogP contribution is -2.09. The summed E-state index contributed by atoms with van der Waals surface area (Å²) >= 11 is 3.74. The maximum atomic E-state index is 2.42. The number of rotatable bonds is 4. The van der Waals surface area contributed by atoms with Crippen LogP contribution in [0, 0.1) is 0 Å². The van der Waals surface area contributed by atoms with Crippen molar-refractivity contribution in [2.24, 2.45) is 0 Å². The highest BCUT2D eigenvalue weighted by molar-refractivity contribution is 7.26. The lowest BCUT2D eigenvalue weighted by Gasteiger charge is -2.26. The number of anilines is 3. The molecule has 10 rings (SSSR count). The summed E-state index contributed by atoms with van der Waals surface area (Å²) in [5, 5.41) is 10.4. The molecule has 10 aromatic rings. The molecule has 0 radical (unpaired) electrons. The van der Waals surface area contributed by atoms with Crippen molar-refractivity contribution in [1.82, 2.24) is 0 Å². The standard InChI is InChI=1S/C44H27NS2/c1-2-10-34-28(8-1)9-7-13-35(34)29-16-20-31(21-17-29)45(33-23-24-37-36-11-3-5-14-40(36)47-43(37)27-33)32-22-18-30-19-25-42-44(39(30)26-32)38-12-4-6-15-41(38)46-42/h1-27H. The van der Waals surface area contributed by atoms with Crippen LogP contribution in [0.2, 0.25) is 0 Å². The Hall–Kier alpha value is -5.48. The van der Waals surface area contributed by atoms with E-state index in [0.717, 1.165) is 17.1 Å². The highest BCUT2D eigenvalue weighted by Gasteiger charge is 2.17. The lowest BCUT2D eigenvalue weighted by molar-refractivity contribution is 1.30. The molecule has 0 unspecified atom stereocenters. The summed E-state index contributed by atoms with van der Waals surface area (Å²) < 4.78 is 5.28. The third-order valence-electron chi connectivity index (χ3n) is 9.45. The van der Waals surface area contributed by atoms with Gasteiger partial charge in [0.25, 0.3) is 0 Å². The molecule has 0 N–H and O–H groups in total. The van der Waals surface area contributed by atoms with Gasteiger partial charge in [-0.2, -0.15) is 0 Å². The van der Waals surface area contributed by atoms with Crippen LogP contribution in [0.5, 0.6) is 0 Å². The summed E-state index contributed by atoms with van der Waals surface area (Å²) in [5.41, 5.74) is 5.92. The Bertz CT molecular complexity index is 2800. The van der Waals surface area contributed by atoms with Crippen LogP contribution in [0.25, 0.3) is 73.0 Å². The van der Waals surface area contributed by atoms with E-state index in [-0.39, 0.29) is 0 Å². The van der Waals surface area contributed by atoms with E-state index < -0.39 is 0 Å². The molecule has 0 aliphatic carbocycles. The SMILES string of the molecule is c1ccc2c(-c3ccc(N(c4ccc5c(c4)sc4ccccc45)c4ccc5ccc6sc7ccccc7c6c5c4)cc3)cccc2c1. The Balaban J connectivity index is 1.18. The Kier molecular flexibility index (Phi) is 5.98. The van der Waals surface area contributed by atoms with Crippen LogP contribution in [-0.2, 0) is 0 Å². The molecule has 0 bridgehead atoms. The number of hydrogen-bond acceptors (Lipinski definition) is 3. The fourth-order valence-corrected chi connectivity index (χ4v) is 9.50. The molecule has 1 nitrogen and oxygen atoms in total. The van der Waals surface area contributed by atoms with Crippen LogP contribution in [-0.4, -0.2) is 0 Å². The Labute approximate surface area is 280 Å². The van der Waals surface area contributed by atoms with Crippen molar-refractivity contribution in [3.8, 4) is 11.1 Å². The Morgan fingerprint density at radius 1 is 0.340 bits per heavy atom. The smallest absolute Gasteiger partial charge is 0.0476 e. The quantitative estimate of drug-likeness (QED) is 0.186. The molecular formula is C44H27NS2. The molecule has 220 valence electrons. The molecule has 3 heteroatoms. The van der Waals surface area contributed by atoms with E-state index >= 15 is 0 Å². The fraction of sp³-hybridized carbons (Fsp3) is 0. The minimum absolute atomic E-state index is 1.14. The summed E-state index contributed by atoms with van der Waals surface area (Å²) in [6, 6.07) is 60.3. The summed E-state index contributed by atoms with van der Waals surface area (Å²) in [4.78, 5) is 2.42. The van der Waals surface area contributed by atoms with E-state index in [1.165, 1.54) is 73.0 Å². The minimum Gasteiger partial charge on any atom is -0.310 e. The van der Waals surface area contributed by atoms with Crippen LogP contribution < -0.4 is 4.90 Å². The zero-order valence-corrected chi connectivity index (χ0v) is 27.0. The topological polar surface area (TPSA) is 3.24 Å². The zero-order valence-electron chi connectivity index (χ0n) is 25.4. The second-order valence-corrected chi connectivity index (χ2v) is 14.3. The van der Waals surface area contributed by atoms with Gasteiger partial charge in [-0.15, -0.1) is 22.7 Å². The van der Waals surface area contributed by atoms with Crippen LogP contribution in [0.1, 0.15) is 0 Å². The first-order valence-electron chi connectivity index (χ1n) is 15.9. The van der Waals surface area contributed by atoms with Gasteiger partial charge in [0.1, 0.15) is 0 Å². The van der Waals surface area contributed by atoms with Crippen molar-refractivity contribution >= 4 is 102 Å². The van der Waals surface area contributed by atoms with Crippen molar-refractivity contribution in [3.05, 3.63) is 164 Å². The molecule has 0 fully saturated rings. The van der Waals surface area contributed by atoms with Gasteiger partial charge in [-0.1, -0.05) is 109 Å². The molecule has 0 aliphatic rings. The van der Waals surface area contributed by atoms with Crippen LogP contribution in [0.3, 0.4) is 0 Å². The van der Waals surface area contributed by atoms with Crippen LogP contribution in [0.15, 0.2) is 164 Å². The highest BCUT2D eigenvalue weighted by Crippen LogP contribution is 2.44. The zero-order chi connectivity index (χ0) is 30.9. The van der Waals surface area contributed by atoms with Crippen molar-refractivity contribution in [2.45, 2.75) is 0 Å². The first-order chi connectivity index (χ1) is 23.3. The van der Waals surface area contributed by atoms with Crippen molar-refractivity contribution in [2.75, 3.05) is 4.90 Å². The van der Waals surface area contributed by atoms with Gasteiger partial charge in [0.2, 0.25) is 0 Å². The molecule has 2 aromatic heterocycles. The highest BCUT2D eigenvalue weighted by atomic mass is 32.1. The second kappa shape index (κ2) is 10.5. The van der Waals surface area contributed by atoms with E-state index in [1.54, 1.807) is 0 Å². The third kappa shape index (κ3) is 4.28. The van der Waals surface area contributed by atoms with Gasteiger partial charge in [-0.3, -0.25) is 0 Å². The van der Waals surface area contributed by atoms with Gasteiger partial charge >= 0.3 is 0 Å². The molecule has 0 amide bonds. The number of hydrogen-bond donors (Lipinski definition) is 0. The van der Waals surface area contributed by atoms with E-state index in [9.17, 15) is 0 Å². The maximum Gasteiger partial charge on any atom is 0.0476 e. The van der Waals surface area contributed by atoms with Gasteiger partial charge in [0, 0.05) is 57.4 Å². The first-order valence-corrected chi connectivity index (χ1v) is 17.6. The molecule has 47 heavy (non-hydrogen) atoms. The number of nitrogens with zero attached hydrogens (tertiary/aromatic N) is 1. The van der Waals surface area contributed by atoms with Crippen molar-refractivity contribution < 1.29 is 0 Å². The third-order valence-corrected chi connectivity index (χ3v) is 11.7. The predicted octanol–water partition coefficient (Wildman–Crippen LogP) is 13.9. The number of benzene rings is 8. The summed E-state index contributed by atoms with van der Waals surface area (Å²) in [6.45, 7) is 0. The fourth-order valence-electron chi connectivity index (χ4n) is 7.24. The van der Waals surface area contributed by atoms with Gasteiger partial charge < -0.3 is 4.90 Å². The molecular weight excluding hydrogens is 607 g/mol.